The van der Waals surface area contributed by atoms with Crippen molar-refractivity contribution in [2.75, 3.05) is 0 Å². The third-order valence-electron chi connectivity index (χ3n) is 6.00. The lowest BCUT2D eigenvalue weighted by Crippen LogP contribution is -2.37. The van der Waals surface area contributed by atoms with Crippen LogP contribution in [0.15, 0.2) is 23.8 Å². The lowest BCUT2D eigenvalue weighted by atomic mass is 9.70. The van der Waals surface area contributed by atoms with Crippen LogP contribution in [0.1, 0.15) is 73.1 Å². The maximum absolute atomic E-state index is 10.6. The molecule has 0 radical (unpaired) electrons. The highest BCUT2D eigenvalue weighted by Crippen LogP contribution is 2.53. The Balaban J connectivity index is 2.29. The van der Waals surface area contributed by atoms with Gasteiger partial charge >= 0.3 is 0 Å². The van der Waals surface area contributed by atoms with E-state index in [1.165, 1.54) is 37.7 Å². The van der Waals surface area contributed by atoms with E-state index in [9.17, 15) is 5.11 Å². The lowest BCUT2D eigenvalue weighted by Gasteiger charge is -2.37. The van der Waals surface area contributed by atoms with Crippen LogP contribution in [0.2, 0.25) is 0 Å². The molecule has 0 aliphatic heterocycles. The molecule has 1 saturated carbocycles. The van der Waals surface area contributed by atoms with E-state index >= 15 is 0 Å². The van der Waals surface area contributed by atoms with Gasteiger partial charge in [0.2, 0.25) is 0 Å². The Morgan fingerprint density at radius 1 is 1.24 bits per heavy atom. The van der Waals surface area contributed by atoms with Crippen molar-refractivity contribution in [1.29, 1.82) is 0 Å². The van der Waals surface area contributed by atoms with Crippen LogP contribution >= 0.6 is 0 Å². The zero-order chi connectivity index (χ0) is 15.7. The van der Waals surface area contributed by atoms with E-state index in [2.05, 4.69) is 39.0 Å². The van der Waals surface area contributed by atoms with E-state index in [1.807, 2.05) is 13.8 Å². The zero-order valence-electron chi connectivity index (χ0n) is 14.7. The molecule has 0 unspecified atom stereocenters. The van der Waals surface area contributed by atoms with Crippen LogP contribution in [0.4, 0.5) is 0 Å². The monoisotopic (exact) mass is 290 g/mol. The number of fused-ring (bicyclic) bond motifs is 1. The molecule has 2 rings (SSSR count). The van der Waals surface area contributed by atoms with Crippen LogP contribution in [0.5, 0.6) is 0 Å². The molecule has 0 aromatic rings. The van der Waals surface area contributed by atoms with Crippen molar-refractivity contribution < 1.29 is 5.11 Å². The van der Waals surface area contributed by atoms with Gasteiger partial charge in [-0.2, -0.15) is 0 Å². The minimum absolute atomic E-state index is 0.267. The van der Waals surface area contributed by atoms with Crippen LogP contribution in [0, 0.1) is 23.2 Å². The Kier molecular flexibility index (Phi) is 5.03. The predicted molar refractivity (Wildman–Crippen MR) is 91.1 cm³/mol. The van der Waals surface area contributed by atoms with Crippen LogP contribution in [0.3, 0.4) is 0 Å². The topological polar surface area (TPSA) is 20.2 Å². The minimum atomic E-state index is -0.556. The average molecular weight is 290 g/mol. The maximum Gasteiger partial charge on any atom is 0.0622 e. The molecule has 0 aromatic carbocycles. The van der Waals surface area contributed by atoms with E-state index in [4.69, 9.17) is 0 Å². The molecule has 1 N–H and O–H groups in total. The summed E-state index contributed by atoms with van der Waals surface area (Å²) in [5.74, 6) is 1.68. The maximum atomic E-state index is 10.6. The molecule has 1 fully saturated rings. The van der Waals surface area contributed by atoms with Gasteiger partial charge in [-0.15, -0.1) is 0 Å². The highest BCUT2D eigenvalue weighted by molar-refractivity contribution is 5.11. The summed E-state index contributed by atoms with van der Waals surface area (Å²) in [6.07, 6.45) is 14.6. The normalized spacial score (nSPS) is 42.6. The predicted octanol–water partition coefficient (Wildman–Crippen LogP) is 5.50. The van der Waals surface area contributed by atoms with Gasteiger partial charge in [-0.3, -0.25) is 0 Å². The van der Waals surface area contributed by atoms with Crippen LogP contribution in [-0.4, -0.2) is 10.7 Å². The minimum Gasteiger partial charge on any atom is -0.390 e. The van der Waals surface area contributed by atoms with Crippen LogP contribution < -0.4 is 0 Å². The fourth-order valence-electron chi connectivity index (χ4n) is 4.45. The number of rotatable bonds is 1. The second-order valence-corrected chi connectivity index (χ2v) is 8.41. The van der Waals surface area contributed by atoms with Crippen molar-refractivity contribution in [3.63, 3.8) is 0 Å². The Bertz CT molecular complexity index is 412. The molecule has 2 aliphatic rings. The summed E-state index contributed by atoms with van der Waals surface area (Å²) in [7, 11) is 0. The van der Waals surface area contributed by atoms with Crippen molar-refractivity contribution in [1.82, 2.24) is 0 Å². The molecule has 2 aliphatic carbocycles. The van der Waals surface area contributed by atoms with E-state index in [-0.39, 0.29) is 5.41 Å². The summed E-state index contributed by atoms with van der Waals surface area (Å²) >= 11 is 0. The van der Waals surface area contributed by atoms with E-state index in [0.29, 0.717) is 17.8 Å². The molecule has 0 heterocycles. The summed E-state index contributed by atoms with van der Waals surface area (Å²) in [5, 5.41) is 10.6. The van der Waals surface area contributed by atoms with E-state index < -0.39 is 5.60 Å². The first-order valence-corrected chi connectivity index (χ1v) is 8.80. The standard InChI is InChI=1S/C20H34O/c1-15-7-6-8-16(2)11-13-20(5)14-12-17(19(3,4)21)18(20)10-9-15/h7,11,13,16-18,21H,6,8-10,12,14H2,1-5H3/b13-11+,15-7+/t16-,17-,18+,20+/m1/s1. The largest absolute Gasteiger partial charge is 0.390 e. The van der Waals surface area contributed by atoms with Crippen molar-refractivity contribution in [3.8, 4) is 0 Å². The number of allylic oxidation sites excluding steroid dienone is 4. The zero-order valence-corrected chi connectivity index (χ0v) is 14.7. The van der Waals surface area contributed by atoms with E-state index in [1.54, 1.807) is 0 Å². The van der Waals surface area contributed by atoms with Gasteiger partial charge in [-0.25, -0.2) is 0 Å². The van der Waals surface area contributed by atoms with Gasteiger partial charge < -0.3 is 5.11 Å². The van der Waals surface area contributed by atoms with Gasteiger partial charge in [0.1, 0.15) is 0 Å². The van der Waals surface area contributed by atoms with Crippen molar-refractivity contribution in [2.24, 2.45) is 23.2 Å². The Morgan fingerprint density at radius 3 is 2.62 bits per heavy atom. The van der Waals surface area contributed by atoms with Crippen molar-refractivity contribution in [2.45, 2.75) is 78.7 Å². The fraction of sp³-hybridized carbons (Fsp3) is 0.800. The molecule has 21 heavy (non-hydrogen) atoms. The molecular weight excluding hydrogens is 256 g/mol. The summed E-state index contributed by atoms with van der Waals surface area (Å²) in [4.78, 5) is 0. The summed E-state index contributed by atoms with van der Waals surface area (Å²) in [5.41, 5.74) is 1.25. The Hall–Kier alpha value is -0.560. The highest BCUT2D eigenvalue weighted by Gasteiger charge is 2.48. The van der Waals surface area contributed by atoms with Gasteiger partial charge in [0, 0.05) is 0 Å². The van der Waals surface area contributed by atoms with E-state index in [0.717, 1.165) is 6.42 Å². The number of hydrogen-bond acceptors (Lipinski definition) is 1. The Morgan fingerprint density at radius 2 is 1.95 bits per heavy atom. The fourth-order valence-corrected chi connectivity index (χ4v) is 4.45. The van der Waals surface area contributed by atoms with Gasteiger partial charge in [-0.1, -0.05) is 37.6 Å². The molecule has 0 aromatic heterocycles. The third-order valence-corrected chi connectivity index (χ3v) is 6.00. The molecule has 1 nitrogen and oxygen atoms in total. The van der Waals surface area contributed by atoms with Crippen LogP contribution in [0.25, 0.3) is 0 Å². The molecule has 1 heteroatoms. The van der Waals surface area contributed by atoms with Crippen LogP contribution in [-0.2, 0) is 0 Å². The highest BCUT2D eigenvalue weighted by atomic mass is 16.3. The third kappa shape index (κ3) is 4.00. The average Bonchev–Trinajstić information content (AvgIpc) is 2.70. The molecule has 0 amide bonds. The molecule has 120 valence electrons. The molecule has 0 spiro atoms. The van der Waals surface area contributed by atoms with Crippen molar-refractivity contribution in [3.05, 3.63) is 23.8 Å². The smallest absolute Gasteiger partial charge is 0.0622 e. The lowest BCUT2D eigenvalue weighted by molar-refractivity contribution is -0.0114. The first-order valence-electron chi connectivity index (χ1n) is 8.80. The molecule has 4 atom stereocenters. The number of hydrogen-bond donors (Lipinski definition) is 1. The second kappa shape index (κ2) is 6.28. The van der Waals surface area contributed by atoms with Gasteiger partial charge in [0.15, 0.2) is 0 Å². The Labute approximate surface area is 131 Å². The molecule has 0 saturated heterocycles. The summed E-state index contributed by atoms with van der Waals surface area (Å²) < 4.78 is 0. The second-order valence-electron chi connectivity index (χ2n) is 8.41. The first kappa shape index (κ1) is 16.8. The first-order chi connectivity index (χ1) is 9.72. The van der Waals surface area contributed by atoms with Gasteiger partial charge in [0.25, 0.3) is 0 Å². The van der Waals surface area contributed by atoms with Gasteiger partial charge in [-0.05, 0) is 82.5 Å². The van der Waals surface area contributed by atoms with Gasteiger partial charge in [0.05, 0.1) is 5.60 Å². The summed E-state index contributed by atoms with van der Waals surface area (Å²) in [6, 6.07) is 0. The molecule has 0 bridgehead atoms. The quantitative estimate of drug-likeness (QED) is 0.632. The molecular formula is C20H34O. The van der Waals surface area contributed by atoms with Crippen molar-refractivity contribution >= 4 is 0 Å². The number of aliphatic hydroxyl groups is 1. The summed E-state index contributed by atoms with van der Waals surface area (Å²) in [6.45, 7) is 11.0. The SMILES string of the molecule is C/C1=C\CC[C@@H](C)/C=C/[C@@]2(C)CC[C@@H](C(C)(C)O)[C@@H]2CC1.